The molecular weight excluding hydrogens is 250 g/mol. The van der Waals surface area contributed by atoms with Crippen LogP contribution in [0.3, 0.4) is 0 Å². The lowest BCUT2D eigenvalue weighted by atomic mass is 9.96. The van der Waals surface area contributed by atoms with Crippen molar-refractivity contribution < 1.29 is 0 Å². The van der Waals surface area contributed by atoms with Crippen molar-refractivity contribution >= 4 is 5.82 Å². The van der Waals surface area contributed by atoms with Crippen LogP contribution in [-0.4, -0.2) is 15.0 Å². The number of pyridine rings is 1. The molecule has 0 aliphatic heterocycles. The topological polar surface area (TPSA) is 76.7 Å². The highest BCUT2D eigenvalue weighted by Crippen LogP contribution is 2.28. The highest BCUT2D eigenvalue weighted by molar-refractivity contribution is 5.59. The first-order valence-electron chi connectivity index (χ1n) is 7.14. The zero-order valence-electron chi connectivity index (χ0n) is 11.7. The number of anilines is 1. The van der Waals surface area contributed by atoms with Crippen LogP contribution in [0, 0.1) is 0 Å². The summed E-state index contributed by atoms with van der Waals surface area (Å²) in [6, 6.07) is 4.02. The maximum Gasteiger partial charge on any atom is 0.180 e. The molecule has 2 aromatic rings. The van der Waals surface area contributed by atoms with E-state index in [0.717, 1.165) is 47.6 Å². The summed E-state index contributed by atoms with van der Waals surface area (Å²) in [5, 5.41) is 0. The van der Waals surface area contributed by atoms with Crippen molar-refractivity contribution in [3.05, 3.63) is 35.2 Å². The maximum absolute atomic E-state index is 5.63. The van der Waals surface area contributed by atoms with E-state index >= 15 is 0 Å². The van der Waals surface area contributed by atoms with E-state index in [2.05, 4.69) is 28.4 Å². The fourth-order valence-corrected chi connectivity index (χ4v) is 2.74. The van der Waals surface area contributed by atoms with Gasteiger partial charge in [0.15, 0.2) is 5.82 Å². The molecule has 5 heteroatoms. The summed E-state index contributed by atoms with van der Waals surface area (Å²) >= 11 is 0. The maximum atomic E-state index is 5.63. The summed E-state index contributed by atoms with van der Waals surface area (Å²) in [7, 11) is 0. The minimum atomic E-state index is 0.677. The molecule has 0 saturated heterocycles. The molecule has 0 unspecified atom stereocenters. The quantitative estimate of drug-likeness (QED) is 0.660. The van der Waals surface area contributed by atoms with Crippen LogP contribution in [-0.2, 0) is 19.3 Å². The zero-order chi connectivity index (χ0) is 13.9. The molecule has 1 aliphatic carbocycles. The van der Waals surface area contributed by atoms with E-state index < -0.39 is 0 Å². The zero-order valence-corrected chi connectivity index (χ0v) is 11.7. The number of aromatic nitrogens is 3. The Bertz CT molecular complexity index is 606. The van der Waals surface area contributed by atoms with Gasteiger partial charge in [-0.05, 0) is 43.7 Å². The number of nitrogens with zero attached hydrogens (tertiary/aromatic N) is 3. The van der Waals surface area contributed by atoms with Gasteiger partial charge in [-0.1, -0.05) is 13.0 Å². The first kappa shape index (κ1) is 13.0. The van der Waals surface area contributed by atoms with Gasteiger partial charge in [-0.2, -0.15) is 0 Å². The first-order chi connectivity index (χ1) is 9.83. The number of nitrogen functional groups attached to an aromatic ring is 1. The molecule has 0 spiro atoms. The summed E-state index contributed by atoms with van der Waals surface area (Å²) in [5.41, 5.74) is 7.02. The summed E-state index contributed by atoms with van der Waals surface area (Å²) in [6.45, 7) is 2.11. The third kappa shape index (κ3) is 2.25. The Balaban J connectivity index is 2.14. The molecule has 0 fully saturated rings. The van der Waals surface area contributed by atoms with E-state index in [0.29, 0.717) is 5.82 Å². The molecule has 5 nitrogen and oxygen atoms in total. The second-order valence-corrected chi connectivity index (χ2v) is 5.04. The summed E-state index contributed by atoms with van der Waals surface area (Å²) in [6.07, 6.45) is 7.04. The number of aryl methyl sites for hydroxylation is 2. The largest absolute Gasteiger partial charge is 0.308 e. The van der Waals surface area contributed by atoms with Crippen LogP contribution in [0.25, 0.3) is 11.5 Å². The second kappa shape index (κ2) is 5.54. The lowest BCUT2D eigenvalue weighted by molar-refractivity contribution is 0.664. The number of fused-ring (bicyclic) bond motifs is 1. The van der Waals surface area contributed by atoms with E-state index in [1.165, 1.54) is 12.8 Å². The van der Waals surface area contributed by atoms with Crippen molar-refractivity contribution in [1.29, 1.82) is 0 Å². The molecule has 104 valence electrons. The van der Waals surface area contributed by atoms with Gasteiger partial charge in [0.25, 0.3) is 0 Å². The molecule has 3 N–H and O–H groups in total. The number of rotatable bonds is 3. The van der Waals surface area contributed by atoms with E-state index in [1.807, 2.05) is 6.07 Å². The summed E-state index contributed by atoms with van der Waals surface area (Å²) in [4.78, 5) is 13.8. The number of hydrogen-bond acceptors (Lipinski definition) is 5. The Morgan fingerprint density at radius 3 is 2.90 bits per heavy atom. The third-order valence-corrected chi connectivity index (χ3v) is 3.80. The average Bonchev–Trinajstić information content (AvgIpc) is 2.53. The molecule has 0 amide bonds. The Morgan fingerprint density at radius 1 is 1.25 bits per heavy atom. The number of nitrogens with two attached hydrogens (primary N) is 1. The Morgan fingerprint density at radius 2 is 2.10 bits per heavy atom. The predicted octanol–water partition coefficient (Wildman–Crippen LogP) is 2.27. The molecule has 20 heavy (non-hydrogen) atoms. The molecule has 2 aromatic heterocycles. The van der Waals surface area contributed by atoms with Gasteiger partial charge in [0.2, 0.25) is 0 Å². The summed E-state index contributed by atoms with van der Waals surface area (Å²) in [5.74, 6) is 7.06. The van der Waals surface area contributed by atoms with Crippen molar-refractivity contribution in [3.63, 3.8) is 0 Å². The van der Waals surface area contributed by atoms with Gasteiger partial charge in [0, 0.05) is 17.5 Å². The van der Waals surface area contributed by atoms with Crippen LogP contribution in [0.1, 0.15) is 36.6 Å². The SMILES string of the molecule is CCc1cccnc1-c1nc2c(c(NN)n1)CCCC2. The van der Waals surface area contributed by atoms with Crippen LogP contribution in [0.2, 0.25) is 0 Å². The minimum Gasteiger partial charge on any atom is -0.308 e. The molecule has 0 atom stereocenters. The Labute approximate surface area is 118 Å². The van der Waals surface area contributed by atoms with Crippen LogP contribution in [0.15, 0.2) is 18.3 Å². The van der Waals surface area contributed by atoms with Crippen LogP contribution >= 0.6 is 0 Å². The standard InChI is InChI=1S/C15H19N5/c1-2-10-6-5-9-17-13(10)15-18-12-8-4-3-7-11(12)14(19-15)20-16/h5-6,9H,2-4,7-8,16H2,1H3,(H,18,19,20). The molecule has 1 aliphatic rings. The fraction of sp³-hybridized carbons (Fsp3) is 0.400. The number of hydrazine groups is 1. The minimum absolute atomic E-state index is 0.677. The molecule has 2 heterocycles. The molecule has 3 rings (SSSR count). The molecule has 0 aromatic carbocycles. The van der Waals surface area contributed by atoms with Crippen molar-refractivity contribution in [3.8, 4) is 11.5 Å². The molecule has 0 saturated carbocycles. The van der Waals surface area contributed by atoms with Crippen LogP contribution < -0.4 is 11.3 Å². The Hall–Kier alpha value is -2.01. The van der Waals surface area contributed by atoms with E-state index in [9.17, 15) is 0 Å². The van der Waals surface area contributed by atoms with Crippen molar-refractivity contribution in [2.24, 2.45) is 5.84 Å². The summed E-state index contributed by atoms with van der Waals surface area (Å²) < 4.78 is 0. The number of hydrogen-bond donors (Lipinski definition) is 2. The van der Waals surface area contributed by atoms with E-state index in [-0.39, 0.29) is 0 Å². The molecule has 0 bridgehead atoms. The first-order valence-corrected chi connectivity index (χ1v) is 7.14. The molecular formula is C15H19N5. The van der Waals surface area contributed by atoms with Gasteiger partial charge in [0.1, 0.15) is 11.5 Å². The number of nitrogens with one attached hydrogen (secondary N) is 1. The van der Waals surface area contributed by atoms with E-state index in [1.54, 1.807) is 6.20 Å². The average molecular weight is 269 g/mol. The van der Waals surface area contributed by atoms with Gasteiger partial charge >= 0.3 is 0 Å². The second-order valence-electron chi connectivity index (χ2n) is 5.04. The van der Waals surface area contributed by atoms with Crippen molar-refractivity contribution in [2.75, 3.05) is 5.43 Å². The van der Waals surface area contributed by atoms with Crippen molar-refractivity contribution in [1.82, 2.24) is 15.0 Å². The van der Waals surface area contributed by atoms with Crippen LogP contribution in [0.4, 0.5) is 5.82 Å². The van der Waals surface area contributed by atoms with Gasteiger partial charge < -0.3 is 5.43 Å². The Kier molecular flexibility index (Phi) is 3.60. The smallest absolute Gasteiger partial charge is 0.180 e. The molecule has 0 radical (unpaired) electrons. The fourth-order valence-electron chi connectivity index (χ4n) is 2.74. The lowest BCUT2D eigenvalue weighted by Crippen LogP contribution is -2.17. The highest BCUT2D eigenvalue weighted by Gasteiger charge is 2.19. The van der Waals surface area contributed by atoms with Gasteiger partial charge in [-0.25, -0.2) is 15.8 Å². The van der Waals surface area contributed by atoms with Crippen LogP contribution in [0.5, 0.6) is 0 Å². The third-order valence-electron chi connectivity index (χ3n) is 3.80. The van der Waals surface area contributed by atoms with E-state index in [4.69, 9.17) is 10.8 Å². The van der Waals surface area contributed by atoms with Gasteiger partial charge in [-0.15, -0.1) is 0 Å². The lowest BCUT2D eigenvalue weighted by Gasteiger charge is -2.18. The van der Waals surface area contributed by atoms with Gasteiger partial charge in [0.05, 0.1) is 0 Å². The monoisotopic (exact) mass is 269 g/mol. The van der Waals surface area contributed by atoms with Gasteiger partial charge in [-0.3, -0.25) is 4.98 Å². The highest BCUT2D eigenvalue weighted by atomic mass is 15.3. The van der Waals surface area contributed by atoms with Crippen molar-refractivity contribution in [2.45, 2.75) is 39.0 Å². The normalized spacial score (nSPS) is 13.9. The predicted molar refractivity (Wildman–Crippen MR) is 79.1 cm³/mol.